The van der Waals surface area contributed by atoms with Crippen LogP contribution in [-0.4, -0.2) is 22.6 Å². The molecule has 3 rings (SSSR count). The number of methoxy groups -OCH3 is 1. The Morgan fingerprint density at radius 3 is 2.52 bits per heavy atom. The van der Waals surface area contributed by atoms with Crippen LogP contribution in [0.4, 0.5) is 0 Å². The first-order valence-electron chi connectivity index (χ1n) is 8.79. The summed E-state index contributed by atoms with van der Waals surface area (Å²) < 4.78 is 6.48. The van der Waals surface area contributed by atoms with Crippen molar-refractivity contribution < 1.29 is 9.53 Å². The van der Waals surface area contributed by atoms with Gasteiger partial charge in [-0.3, -0.25) is 9.36 Å². The molecule has 0 aliphatic carbocycles. The number of nitrogens with zero attached hydrogens (tertiary/aromatic N) is 2. The first kappa shape index (κ1) is 19.2. The van der Waals surface area contributed by atoms with Gasteiger partial charge in [0, 0.05) is 12.3 Å². The third-order valence-corrected chi connectivity index (χ3v) is 5.16. The zero-order chi connectivity index (χ0) is 19.4. The van der Waals surface area contributed by atoms with E-state index in [0.717, 1.165) is 5.56 Å². The van der Waals surface area contributed by atoms with E-state index in [0.29, 0.717) is 39.8 Å². The summed E-state index contributed by atoms with van der Waals surface area (Å²) in [6.07, 6.45) is 0. The van der Waals surface area contributed by atoms with Gasteiger partial charge < -0.3 is 4.74 Å². The van der Waals surface area contributed by atoms with E-state index in [4.69, 9.17) is 9.72 Å². The highest BCUT2D eigenvalue weighted by atomic mass is 32.2. The molecule has 0 aliphatic rings. The van der Waals surface area contributed by atoms with Crippen LogP contribution in [-0.2, 0) is 17.0 Å². The molecule has 0 fully saturated rings. The summed E-state index contributed by atoms with van der Waals surface area (Å²) in [7, 11) is 1.37. The molecule has 0 aliphatic heterocycles. The topological polar surface area (TPSA) is 61.2 Å². The largest absolute Gasteiger partial charge is 0.465 e. The number of ether oxygens (including phenoxy) is 1. The molecule has 0 N–H and O–H groups in total. The Hall–Kier alpha value is -2.60. The van der Waals surface area contributed by atoms with Gasteiger partial charge in [-0.2, -0.15) is 0 Å². The zero-order valence-corrected chi connectivity index (χ0v) is 16.5. The third kappa shape index (κ3) is 4.39. The quantitative estimate of drug-likeness (QED) is 0.364. The molecule has 0 atom stereocenters. The normalized spacial score (nSPS) is 11.1. The van der Waals surface area contributed by atoms with E-state index in [-0.39, 0.29) is 11.5 Å². The second-order valence-electron chi connectivity index (χ2n) is 6.70. The summed E-state index contributed by atoms with van der Waals surface area (Å²) in [6.45, 7) is 4.80. The predicted molar refractivity (Wildman–Crippen MR) is 108 cm³/mol. The minimum atomic E-state index is -0.351. The van der Waals surface area contributed by atoms with Crippen LogP contribution in [0.25, 0.3) is 10.9 Å². The molecule has 0 bridgehead atoms. The summed E-state index contributed by atoms with van der Waals surface area (Å²) in [5.41, 5.74) is 2.28. The number of thioether (sulfide) groups is 1. The van der Waals surface area contributed by atoms with Crippen molar-refractivity contribution in [3.8, 4) is 0 Å². The number of rotatable bonds is 6. The first-order valence-corrected chi connectivity index (χ1v) is 9.77. The average Bonchev–Trinajstić information content (AvgIpc) is 2.68. The number of hydrogen-bond donors (Lipinski definition) is 0. The molecule has 0 saturated heterocycles. The van der Waals surface area contributed by atoms with Gasteiger partial charge in [-0.15, -0.1) is 0 Å². The van der Waals surface area contributed by atoms with Gasteiger partial charge in [0.1, 0.15) is 0 Å². The molecule has 0 radical (unpaired) electrons. The van der Waals surface area contributed by atoms with E-state index in [1.54, 1.807) is 16.7 Å². The highest BCUT2D eigenvalue weighted by molar-refractivity contribution is 7.98. The number of carbonyl (C=O) groups excluding carboxylic acids is 1. The maximum Gasteiger partial charge on any atom is 0.337 e. The lowest BCUT2D eigenvalue weighted by molar-refractivity contribution is 0.0600. The van der Waals surface area contributed by atoms with Gasteiger partial charge in [-0.25, -0.2) is 9.78 Å². The van der Waals surface area contributed by atoms with Crippen LogP contribution in [0.2, 0.25) is 0 Å². The van der Waals surface area contributed by atoms with Crippen LogP contribution >= 0.6 is 11.8 Å². The monoisotopic (exact) mass is 382 g/mol. The van der Waals surface area contributed by atoms with Crippen molar-refractivity contribution in [2.24, 2.45) is 5.92 Å². The molecule has 0 amide bonds. The van der Waals surface area contributed by atoms with Crippen molar-refractivity contribution in [3.63, 3.8) is 0 Å². The molecular weight excluding hydrogens is 360 g/mol. The molecule has 2 aromatic carbocycles. The maximum atomic E-state index is 12.9. The molecule has 1 heterocycles. The second-order valence-corrected chi connectivity index (χ2v) is 7.64. The van der Waals surface area contributed by atoms with Crippen LogP contribution in [0, 0.1) is 5.92 Å². The molecule has 0 saturated carbocycles. The Morgan fingerprint density at radius 1 is 1.15 bits per heavy atom. The van der Waals surface area contributed by atoms with Gasteiger partial charge in [0.25, 0.3) is 5.56 Å². The molecule has 0 spiro atoms. The van der Waals surface area contributed by atoms with E-state index in [1.807, 2.05) is 36.4 Å². The van der Waals surface area contributed by atoms with Crippen molar-refractivity contribution in [2.75, 3.05) is 7.11 Å². The van der Waals surface area contributed by atoms with Gasteiger partial charge >= 0.3 is 5.97 Å². The summed E-state index contributed by atoms with van der Waals surface area (Å²) in [6, 6.07) is 14.7. The van der Waals surface area contributed by atoms with E-state index in [9.17, 15) is 9.59 Å². The van der Waals surface area contributed by atoms with Gasteiger partial charge in [0.2, 0.25) is 0 Å². The molecule has 1 aromatic heterocycles. The second kappa shape index (κ2) is 8.39. The van der Waals surface area contributed by atoms with Gasteiger partial charge in [0.15, 0.2) is 5.16 Å². The SMILES string of the molecule is COC(=O)c1ccc(CSc2nc3ccccc3c(=O)n2CC(C)C)cc1. The molecular formula is C21H22N2O3S. The molecule has 3 aromatic rings. The molecule has 6 heteroatoms. The Labute approximate surface area is 162 Å². The minimum absolute atomic E-state index is 0.00200. The van der Waals surface area contributed by atoms with Crippen molar-refractivity contribution >= 4 is 28.6 Å². The smallest absolute Gasteiger partial charge is 0.337 e. The van der Waals surface area contributed by atoms with E-state index in [2.05, 4.69) is 13.8 Å². The number of para-hydroxylation sites is 1. The van der Waals surface area contributed by atoms with Crippen LogP contribution in [0.3, 0.4) is 0 Å². The van der Waals surface area contributed by atoms with E-state index in [1.165, 1.54) is 18.9 Å². The minimum Gasteiger partial charge on any atom is -0.465 e. The van der Waals surface area contributed by atoms with Crippen molar-refractivity contribution in [3.05, 3.63) is 70.0 Å². The number of hydrogen-bond acceptors (Lipinski definition) is 5. The number of fused-ring (bicyclic) bond motifs is 1. The predicted octanol–water partition coefficient (Wildman–Crippen LogP) is 4.13. The molecule has 0 unspecified atom stereocenters. The van der Waals surface area contributed by atoms with Gasteiger partial charge in [-0.05, 0) is 35.7 Å². The van der Waals surface area contributed by atoms with Gasteiger partial charge in [-0.1, -0.05) is 49.9 Å². The third-order valence-electron chi connectivity index (χ3n) is 4.12. The Kier molecular flexibility index (Phi) is 5.96. The van der Waals surface area contributed by atoms with Crippen LogP contribution < -0.4 is 5.56 Å². The van der Waals surface area contributed by atoms with Crippen LogP contribution in [0.1, 0.15) is 29.8 Å². The number of esters is 1. The van der Waals surface area contributed by atoms with Crippen LogP contribution in [0.5, 0.6) is 0 Å². The zero-order valence-electron chi connectivity index (χ0n) is 15.6. The van der Waals surface area contributed by atoms with Crippen molar-refractivity contribution in [1.29, 1.82) is 0 Å². The lowest BCUT2D eigenvalue weighted by Crippen LogP contribution is -2.25. The van der Waals surface area contributed by atoms with Crippen molar-refractivity contribution in [1.82, 2.24) is 9.55 Å². The van der Waals surface area contributed by atoms with Crippen LogP contribution in [0.15, 0.2) is 58.5 Å². The van der Waals surface area contributed by atoms with Gasteiger partial charge in [0.05, 0.1) is 23.6 Å². The average molecular weight is 382 g/mol. The fourth-order valence-corrected chi connectivity index (χ4v) is 3.75. The standard InChI is InChI=1S/C21H22N2O3S/c1-14(2)12-23-19(24)17-6-4-5-7-18(17)22-21(23)27-13-15-8-10-16(11-9-15)20(25)26-3/h4-11,14H,12-13H2,1-3H3. The maximum absolute atomic E-state index is 12.9. The number of benzene rings is 2. The Bertz CT molecular complexity index is 1010. The lowest BCUT2D eigenvalue weighted by atomic mass is 10.1. The Balaban J connectivity index is 1.89. The van der Waals surface area contributed by atoms with E-state index < -0.39 is 0 Å². The molecule has 5 nitrogen and oxygen atoms in total. The summed E-state index contributed by atoms with van der Waals surface area (Å²) in [4.78, 5) is 29.2. The van der Waals surface area contributed by atoms with Crippen molar-refractivity contribution in [2.45, 2.75) is 31.3 Å². The highest BCUT2D eigenvalue weighted by Crippen LogP contribution is 2.23. The fraction of sp³-hybridized carbons (Fsp3) is 0.286. The summed E-state index contributed by atoms with van der Waals surface area (Å²) in [5.74, 6) is 0.644. The summed E-state index contributed by atoms with van der Waals surface area (Å²) in [5, 5.41) is 1.36. The number of carbonyl (C=O) groups is 1. The molecule has 27 heavy (non-hydrogen) atoms. The highest BCUT2D eigenvalue weighted by Gasteiger charge is 2.13. The molecule has 140 valence electrons. The summed E-state index contributed by atoms with van der Waals surface area (Å²) >= 11 is 1.53. The van der Waals surface area contributed by atoms with E-state index >= 15 is 0 Å². The number of aromatic nitrogens is 2. The Morgan fingerprint density at radius 2 is 1.85 bits per heavy atom. The lowest BCUT2D eigenvalue weighted by Gasteiger charge is -2.15. The fourth-order valence-electron chi connectivity index (χ4n) is 2.79. The first-order chi connectivity index (χ1) is 13.0.